The standard InChI is InChI=1S/C15H30N2/c1-12-6-7-14(9-12)10-16-13(2)15-5-4-8-17(3)11-15/h12-16H,4-11H2,1-3H3. The quantitative estimate of drug-likeness (QED) is 0.810. The van der Waals surface area contributed by atoms with E-state index in [2.05, 4.69) is 31.1 Å². The molecule has 100 valence electrons. The molecule has 0 aromatic rings. The van der Waals surface area contributed by atoms with Crippen molar-refractivity contribution in [3.05, 3.63) is 0 Å². The van der Waals surface area contributed by atoms with E-state index in [1.165, 1.54) is 51.7 Å². The highest BCUT2D eigenvalue weighted by Gasteiger charge is 2.25. The summed E-state index contributed by atoms with van der Waals surface area (Å²) in [6.07, 6.45) is 7.15. The first-order chi connectivity index (χ1) is 8.15. The molecule has 0 bridgehead atoms. The topological polar surface area (TPSA) is 15.3 Å². The monoisotopic (exact) mass is 238 g/mol. The maximum Gasteiger partial charge on any atom is 0.00793 e. The van der Waals surface area contributed by atoms with Gasteiger partial charge in [-0.3, -0.25) is 0 Å². The van der Waals surface area contributed by atoms with E-state index in [4.69, 9.17) is 0 Å². The predicted octanol–water partition coefficient (Wildman–Crippen LogP) is 2.74. The van der Waals surface area contributed by atoms with Crippen LogP contribution in [0.4, 0.5) is 0 Å². The first-order valence-corrected chi connectivity index (χ1v) is 7.57. The van der Waals surface area contributed by atoms with Gasteiger partial charge in [-0.15, -0.1) is 0 Å². The van der Waals surface area contributed by atoms with E-state index >= 15 is 0 Å². The highest BCUT2D eigenvalue weighted by molar-refractivity contribution is 4.81. The third-order valence-electron chi connectivity index (χ3n) is 4.90. The average molecular weight is 238 g/mol. The van der Waals surface area contributed by atoms with E-state index < -0.39 is 0 Å². The third-order valence-corrected chi connectivity index (χ3v) is 4.90. The smallest absolute Gasteiger partial charge is 0.00793 e. The molecule has 1 heterocycles. The minimum absolute atomic E-state index is 0.702. The Balaban J connectivity index is 1.67. The molecule has 17 heavy (non-hydrogen) atoms. The predicted molar refractivity (Wildman–Crippen MR) is 74.2 cm³/mol. The normalized spacial score (nSPS) is 37.2. The summed E-state index contributed by atoms with van der Waals surface area (Å²) in [7, 11) is 2.26. The van der Waals surface area contributed by atoms with Crippen molar-refractivity contribution in [1.82, 2.24) is 10.2 Å². The van der Waals surface area contributed by atoms with E-state index in [9.17, 15) is 0 Å². The van der Waals surface area contributed by atoms with Gasteiger partial charge in [0.15, 0.2) is 0 Å². The van der Waals surface area contributed by atoms with Gasteiger partial charge >= 0.3 is 0 Å². The number of rotatable bonds is 4. The van der Waals surface area contributed by atoms with Crippen molar-refractivity contribution >= 4 is 0 Å². The highest BCUT2D eigenvalue weighted by Crippen LogP contribution is 2.30. The lowest BCUT2D eigenvalue weighted by Gasteiger charge is -2.34. The number of piperidine rings is 1. The van der Waals surface area contributed by atoms with E-state index in [-0.39, 0.29) is 0 Å². The number of nitrogens with one attached hydrogen (secondary N) is 1. The average Bonchev–Trinajstić information content (AvgIpc) is 2.72. The van der Waals surface area contributed by atoms with Crippen LogP contribution < -0.4 is 5.32 Å². The van der Waals surface area contributed by atoms with Crippen LogP contribution in [-0.4, -0.2) is 37.6 Å². The van der Waals surface area contributed by atoms with Crippen molar-refractivity contribution < 1.29 is 0 Å². The molecule has 1 saturated carbocycles. The summed E-state index contributed by atoms with van der Waals surface area (Å²) < 4.78 is 0. The molecule has 1 aliphatic carbocycles. The molecular formula is C15H30N2. The Labute approximate surface area is 107 Å². The molecule has 2 aliphatic rings. The van der Waals surface area contributed by atoms with E-state index in [1.807, 2.05) is 0 Å². The number of likely N-dealkylation sites (tertiary alicyclic amines) is 1. The van der Waals surface area contributed by atoms with Gasteiger partial charge in [0, 0.05) is 12.6 Å². The lowest BCUT2D eigenvalue weighted by atomic mass is 9.91. The first kappa shape index (κ1) is 13.4. The molecule has 1 aliphatic heterocycles. The Morgan fingerprint density at radius 1 is 1.29 bits per heavy atom. The van der Waals surface area contributed by atoms with Gasteiger partial charge in [-0.1, -0.05) is 13.3 Å². The van der Waals surface area contributed by atoms with Crippen molar-refractivity contribution in [3.8, 4) is 0 Å². The second-order valence-corrected chi connectivity index (χ2v) is 6.65. The van der Waals surface area contributed by atoms with Crippen LogP contribution >= 0.6 is 0 Å². The number of hydrogen-bond acceptors (Lipinski definition) is 2. The summed E-state index contributed by atoms with van der Waals surface area (Å²) in [6.45, 7) is 8.63. The van der Waals surface area contributed by atoms with Crippen LogP contribution in [0.5, 0.6) is 0 Å². The summed E-state index contributed by atoms with van der Waals surface area (Å²) in [5.41, 5.74) is 0. The Hall–Kier alpha value is -0.0800. The minimum Gasteiger partial charge on any atom is -0.314 e. The summed E-state index contributed by atoms with van der Waals surface area (Å²) in [4.78, 5) is 2.49. The lowest BCUT2D eigenvalue weighted by Crippen LogP contribution is -2.44. The van der Waals surface area contributed by atoms with Crippen LogP contribution in [0.2, 0.25) is 0 Å². The van der Waals surface area contributed by atoms with Gasteiger partial charge in [0.2, 0.25) is 0 Å². The Morgan fingerprint density at radius 3 is 2.76 bits per heavy atom. The van der Waals surface area contributed by atoms with Gasteiger partial charge in [-0.05, 0) is 70.5 Å². The Kier molecular flexibility index (Phi) is 4.87. The van der Waals surface area contributed by atoms with Crippen molar-refractivity contribution in [3.63, 3.8) is 0 Å². The molecule has 2 nitrogen and oxygen atoms in total. The molecular weight excluding hydrogens is 208 g/mol. The van der Waals surface area contributed by atoms with Crippen molar-refractivity contribution in [2.24, 2.45) is 17.8 Å². The SMILES string of the molecule is CC1CCC(CNC(C)C2CCCN(C)C2)C1. The Morgan fingerprint density at radius 2 is 2.12 bits per heavy atom. The fourth-order valence-corrected chi connectivity index (χ4v) is 3.64. The van der Waals surface area contributed by atoms with Gasteiger partial charge in [0.1, 0.15) is 0 Å². The highest BCUT2D eigenvalue weighted by atomic mass is 15.1. The van der Waals surface area contributed by atoms with Crippen LogP contribution in [0.1, 0.15) is 46.0 Å². The zero-order chi connectivity index (χ0) is 12.3. The summed E-state index contributed by atoms with van der Waals surface area (Å²) in [6, 6.07) is 0.702. The fraction of sp³-hybridized carbons (Fsp3) is 1.00. The molecule has 1 N–H and O–H groups in total. The van der Waals surface area contributed by atoms with Gasteiger partial charge < -0.3 is 10.2 Å². The molecule has 1 saturated heterocycles. The van der Waals surface area contributed by atoms with Crippen molar-refractivity contribution in [2.75, 3.05) is 26.7 Å². The van der Waals surface area contributed by atoms with Gasteiger partial charge in [-0.2, -0.15) is 0 Å². The minimum atomic E-state index is 0.702. The summed E-state index contributed by atoms with van der Waals surface area (Å²) in [5.74, 6) is 2.79. The zero-order valence-electron chi connectivity index (χ0n) is 11.9. The maximum atomic E-state index is 3.81. The van der Waals surface area contributed by atoms with Gasteiger partial charge in [0.05, 0.1) is 0 Å². The van der Waals surface area contributed by atoms with Gasteiger partial charge in [-0.25, -0.2) is 0 Å². The largest absolute Gasteiger partial charge is 0.314 e. The van der Waals surface area contributed by atoms with Crippen molar-refractivity contribution in [1.29, 1.82) is 0 Å². The summed E-state index contributed by atoms with van der Waals surface area (Å²) >= 11 is 0. The molecule has 2 heteroatoms. The fourth-order valence-electron chi connectivity index (χ4n) is 3.64. The third kappa shape index (κ3) is 3.96. The molecule has 2 rings (SSSR count). The Bertz CT molecular complexity index is 229. The second kappa shape index (κ2) is 6.19. The maximum absolute atomic E-state index is 3.81. The zero-order valence-corrected chi connectivity index (χ0v) is 11.9. The molecule has 4 unspecified atom stereocenters. The molecule has 0 aromatic carbocycles. The number of hydrogen-bond donors (Lipinski definition) is 1. The number of nitrogens with zero attached hydrogens (tertiary/aromatic N) is 1. The summed E-state index contributed by atoms with van der Waals surface area (Å²) in [5, 5.41) is 3.81. The van der Waals surface area contributed by atoms with Crippen LogP contribution in [-0.2, 0) is 0 Å². The van der Waals surface area contributed by atoms with E-state index in [0.29, 0.717) is 6.04 Å². The van der Waals surface area contributed by atoms with Crippen LogP contribution in [0.15, 0.2) is 0 Å². The molecule has 0 radical (unpaired) electrons. The lowest BCUT2D eigenvalue weighted by molar-refractivity contribution is 0.176. The van der Waals surface area contributed by atoms with Crippen molar-refractivity contribution in [2.45, 2.75) is 52.0 Å². The molecule has 4 atom stereocenters. The van der Waals surface area contributed by atoms with E-state index in [0.717, 1.165) is 17.8 Å². The van der Waals surface area contributed by atoms with Gasteiger partial charge in [0.25, 0.3) is 0 Å². The molecule has 0 amide bonds. The van der Waals surface area contributed by atoms with Crippen LogP contribution in [0.25, 0.3) is 0 Å². The molecule has 0 spiro atoms. The van der Waals surface area contributed by atoms with E-state index in [1.54, 1.807) is 0 Å². The molecule has 0 aromatic heterocycles. The molecule has 2 fully saturated rings. The van der Waals surface area contributed by atoms with Crippen LogP contribution in [0, 0.1) is 17.8 Å². The van der Waals surface area contributed by atoms with Crippen LogP contribution in [0.3, 0.4) is 0 Å². The second-order valence-electron chi connectivity index (χ2n) is 6.65. The first-order valence-electron chi connectivity index (χ1n) is 7.57.